The average molecular weight is 332 g/mol. The van der Waals surface area contributed by atoms with Gasteiger partial charge in [0, 0.05) is 17.5 Å². The zero-order chi connectivity index (χ0) is 17.1. The first-order valence-corrected chi connectivity index (χ1v) is 8.88. The largest absolute Gasteiger partial charge is 0.264 e. The Morgan fingerprint density at radius 3 is 2.40 bits per heavy atom. The van der Waals surface area contributed by atoms with Crippen molar-refractivity contribution in [2.45, 2.75) is 25.8 Å². The fourth-order valence-electron chi connectivity index (χ4n) is 3.46. The number of aromatic nitrogens is 2. The monoisotopic (exact) mass is 332 g/mol. The highest BCUT2D eigenvalue weighted by Crippen LogP contribution is 2.33. The van der Waals surface area contributed by atoms with Crippen molar-refractivity contribution in [3.63, 3.8) is 0 Å². The zero-order valence-corrected chi connectivity index (χ0v) is 14.2. The molecule has 0 saturated heterocycles. The van der Waals surface area contributed by atoms with Gasteiger partial charge < -0.3 is 0 Å². The summed E-state index contributed by atoms with van der Waals surface area (Å²) in [7, 11) is 0. The summed E-state index contributed by atoms with van der Waals surface area (Å²) in [5, 5.41) is 8.54. The molecule has 3 heteroatoms. The summed E-state index contributed by atoms with van der Waals surface area (Å²) in [6.45, 7) is 0.590. The third-order valence-corrected chi connectivity index (χ3v) is 4.71. The molecule has 25 heavy (non-hydrogen) atoms. The van der Waals surface area contributed by atoms with Gasteiger partial charge in [0.15, 0.2) is 0 Å². The molecule has 0 bridgehead atoms. The predicted molar refractivity (Wildman–Crippen MR) is 103 cm³/mol. The number of rotatable bonds is 6. The Hall–Kier alpha value is -2.68. The summed E-state index contributed by atoms with van der Waals surface area (Å²) in [6.07, 6.45) is 2.48. The van der Waals surface area contributed by atoms with Crippen LogP contribution in [0.2, 0.25) is 0 Å². The number of hydrogen-bond acceptors (Lipinski definition) is 1. The summed E-state index contributed by atoms with van der Waals surface area (Å²) in [5.74, 6) is 0. The normalized spacial score (nSPS) is 11.4. The summed E-state index contributed by atoms with van der Waals surface area (Å²) < 4.78 is 14.4. The van der Waals surface area contributed by atoms with E-state index in [-0.39, 0.29) is 6.67 Å². The van der Waals surface area contributed by atoms with Crippen molar-refractivity contribution in [2.24, 2.45) is 0 Å². The van der Waals surface area contributed by atoms with E-state index in [9.17, 15) is 4.39 Å². The number of aryl methyl sites for hydroxylation is 1. The number of nitrogens with zero attached hydrogens (tertiary/aromatic N) is 2. The summed E-state index contributed by atoms with van der Waals surface area (Å²) in [4.78, 5) is 0. The molecule has 0 saturated carbocycles. The van der Waals surface area contributed by atoms with Gasteiger partial charge in [-0.1, -0.05) is 60.7 Å². The summed E-state index contributed by atoms with van der Waals surface area (Å²) in [5.41, 5.74) is 3.33. The van der Waals surface area contributed by atoms with Crippen molar-refractivity contribution < 1.29 is 4.39 Å². The number of benzene rings is 3. The first-order valence-electron chi connectivity index (χ1n) is 8.88. The second-order valence-corrected chi connectivity index (χ2v) is 6.37. The Morgan fingerprint density at radius 1 is 0.760 bits per heavy atom. The minimum atomic E-state index is -0.235. The third kappa shape index (κ3) is 3.02. The van der Waals surface area contributed by atoms with Crippen LogP contribution in [0.25, 0.3) is 32.9 Å². The molecule has 3 aromatic carbocycles. The van der Waals surface area contributed by atoms with Crippen molar-refractivity contribution in [3.05, 3.63) is 66.7 Å². The molecule has 0 amide bonds. The molecule has 126 valence electrons. The zero-order valence-electron chi connectivity index (χ0n) is 14.2. The molecule has 0 radical (unpaired) electrons. The first-order chi connectivity index (χ1) is 12.4. The fraction of sp³-hybridized carbons (Fsp3) is 0.227. The van der Waals surface area contributed by atoms with Crippen molar-refractivity contribution in [2.75, 3.05) is 6.67 Å². The number of fused-ring (bicyclic) bond motifs is 2. The SMILES string of the molecule is FCCCCCn1nc(-c2cccc3ccccc23)c2ccccc21. The predicted octanol–water partition coefficient (Wildman–Crippen LogP) is 6.00. The summed E-state index contributed by atoms with van der Waals surface area (Å²) >= 11 is 0. The Kier molecular flexibility index (Phi) is 4.47. The molecular formula is C22H21FN2. The minimum absolute atomic E-state index is 0.235. The van der Waals surface area contributed by atoms with Gasteiger partial charge in [-0.3, -0.25) is 9.07 Å². The van der Waals surface area contributed by atoms with E-state index < -0.39 is 0 Å². The van der Waals surface area contributed by atoms with E-state index in [4.69, 9.17) is 5.10 Å². The number of alkyl halides is 1. The lowest BCUT2D eigenvalue weighted by Crippen LogP contribution is -2.00. The van der Waals surface area contributed by atoms with Crippen molar-refractivity contribution >= 4 is 21.7 Å². The van der Waals surface area contributed by atoms with Crippen LogP contribution in [-0.2, 0) is 6.54 Å². The molecule has 4 rings (SSSR count). The van der Waals surface area contributed by atoms with Crippen LogP contribution in [0.3, 0.4) is 0 Å². The molecule has 0 aliphatic heterocycles. The lowest BCUT2D eigenvalue weighted by molar-refractivity contribution is 0.445. The number of unbranched alkanes of at least 4 members (excludes halogenated alkanes) is 2. The van der Waals surface area contributed by atoms with Crippen molar-refractivity contribution in [3.8, 4) is 11.3 Å². The van der Waals surface area contributed by atoms with Gasteiger partial charge in [0.2, 0.25) is 0 Å². The molecule has 0 fully saturated rings. The standard InChI is InChI=1S/C22H21FN2/c23-15-6-1-7-16-25-21-14-5-4-12-20(21)22(24-25)19-13-8-10-17-9-2-3-11-18(17)19/h2-5,8-14H,1,6-7,15-16H2. The quantitative estimate of drug-likeness (QED) is 0.396. The van der Waals surface area contributed by atoms with Crippen LogP contribution in [0.15, 0.2) is 66.7 Å². The van der Waals surface area contributed by atoms with Gasteiger partial charge in [0.1, 0.15) is 5.69 Å². The van der Waals surface area contributed by atoms with E-state index >= 15 is 0 Å². The molecule has 1 heterocycles. The highest BCUT2D eigenvalue weighted by atomic mass is 19.1. The van der Waals surface area contributed by atoms with Crippen LogP contribution in [0, 0.1) is 0 Å². The van der Waals surface area contributed by atoms with E-state index in [2.05, 4.69) is 71.4 Å². The smallest absolute Gasteiger partial charge is 0.101 e. The van der Waals surface area contributed by atoms with Gasteiger partial charge in [-0.05, 0) is 36.1 Å². The van der Waals surface area contributed by atoms with Crippen LogP contribution in [0.1, 0.15) is 19.3 Å². The van der Waals surface area contributed by atoms with E-state index in [1.165, 1.54) is 16.2 Å². The molecule has 0 unspecified atom stereocenters. The topological polar surface area (TPSA) is 17.8 Å². The van der Waals surface area contributed by atoms with Gasteiger partial charge in [0.25, 0.3) is 0 Å². The molecule has 0 aliphatic carbocycles. The van der Waals surface area contributed by atoms with E-state index in [1.54, 1.807) is 0 Å². The second-order valence-electron chi connectivity index (χ2n) is 6.37. The molecular weight excluding hydrogens is 311 g/mol. The molecule has 0 N–H and O–H groups in total. The van der Waals surface area contributed by atoms with E-state index in [0.29, 0.717) is 6.42 Å². The number of hydrogen-bond donors (Lipinski definition) is 0. The number of para-hydroxylation sites is 1. The van der Waals surface area contributed by atoms with Gasteiger partial charge in [-0.2, -0.15) is 5.10 Å². The summed E-state index contributed by atoms with van der Waals surface area (Å²) in [6, 6.07) is 23.2. The van der Waals surface area contributed by atoms with Crippen LogP contribution in [0.5, 0.6) is 0 Å². The Labute approximate surface area is 146 Å². The van der Waals surface area contributed by atoms with Gasteiger partial charge in [0.05, 0.1) is 12.2 Å². The average Bonchev–Trinajstić information content (AvgIpc) is 3.03. The second kappa shape index (κ2) is 7.06. The van der Waals surface area contributed by atoms with Crippen molar-refractivity contribution in [1.29, 1.82) is 0 Å². The van der Waals surface area contributed by atoms with Crippen LogP contribution in [-0.4, -0.2) is 16.5 Å². The van der Waals surface area contributed by atoms with Crippen LogP contribution in [0.4, 0.5) is 4.39 Å². The maximum absolute atomic E-state index is 12.3. The van der Waals surface area contributed by atoms with Crippen LogP contribution < -0.4 is 0 Å². The van der Waals surface area contributed by atoms with Gasteiger partial charge in [-0.25, -0.2) is 0 Å². The molecule has 0 spiro atoms. The Morgan fingerprint density at radius 2 is 1.52 bits per heavy atom. The Bertz CT molecular complexity index is 998. The molecule has 4 aromatic rings. The highest BCUT2D eigenvalue weighted by Gasteiger charge is 2.13. The molecule has 2 nitrogen and oxygen atoms in total. The van der Waals surface area contributed by atoms with E-state index in [1.807, 2.05) is 0 Å². The minimum Gasteiger partial charge on any atom is -0.264 e. The first kappa shape index (κ1) is 15.8. The van der Waals surface area contributed by atoms with Crippen LogP contribution >= 0.6 is 0 Å². The molecule has 0 atom stereocenters. The van der Waals surface area contributed by atoms with Gasteiger partial charge >= 0.3 is 0 Å². The Balaban J connectivity index is 1.82. The molecule has 1 aromatic heterocycles. The fourth-order valence-corrected chi connectivity index (χ4v) is 3.46. The third-order valence-electron chi connectivity index (χ3n) is 4.71. The number of halogens is 1. The van der Waals surface area contributed by atoms with Crippen molar-refractivity contribution in [1.82, 2.24) is 9.78 Å². The lowest BCUT2D eigenvalue weighted by atomic mass is 10.0. The maximum Gasteiger partial charge on any atom is 0.101 e. The van der Waals surface area contributed by atoms with Gasteiger partial charge in [-0.15, -0.1) is 0 Å². The lowest BCUT2D eigenvalue weighted by Gasteiger charge is -2.04. The maximum atomic E-state index is 12.3. The molecule has 0 aliphatic rings. The highest BCUT2D eigenvalue weighted by molar-refractivity contribution is 6.03. The van der Waals surface area contributed by atoms with E-state index in [0.717, 1.165) is 36.2 Å².